The number of nitrogens with one attached hydrogen (secondary N) is 2. The molecule has 0 atom stereocenters. The predicted octanol–water partition coefficient (Wildman–Crippen LogP) is 2.90. The number of sulfonamides is 1. The molecule has 1 saturated heterocycles. The molecule has 9 nitrogen and oxygen atoms in total. The number of nitrogens with two attached hydrogens (primary N) is 1. The van der Waals surface area contributed by atoms with Crippen molar-refractivity contribution in [2.45, 2.75) is 11.1 Å². The number of halogens is 5. The molecule has 1 aliphatic rings. The van der Waals surface area contributed by atoms with Gasteiger partial charge in [-0.3, -0.25) is 15.5 Å². The molecule has 3 rings (SSSR count). The van der Waals surface area contributed by atoms with Gasteiger partial charge in [0.25, 0.3) is 5.91 Å². The molecular weight excluding hydrogens is 534 g/mol. The quantitative estimate of drug-likeness (QED) is 0.383. The van der Waals surface area contributed by atoms with E-state index in [-0.39, 0.29) is 41.0 Å². The van der Waals surface area contributed by atoms with E-state index in [9.17, 15) is 26.4 Å². The first kappa shape index (κ1) is 30.5. The summed E-state index contributed by atoms with van der Waals surface area (Å²) in [5.41, 5.74) is 3.46. The van der Waals surface area contributed by atoms with Crippen molar-refractivity contribution in [3.05, 3.63) is 53.6 Å². The van der Waals surface area contributed by atoms with Crippen LogP contribution in [0.25, 0.3) is 0 Å². The number of carbonyl (C=O) groups excluding carboxylic acids is 1. The molecule has 1 aliphatic heterocycles. The number of likely N-dealkylation sites (N-methyl/N-ethyl adjacent to an activating group) is 1. The van der Waals surface area contributed by atoms with E-state index in [0.29, 0.717) is 32.2 Å². The summed E-state index contributed by atoms with van der Waals surface area (Å²) in [4.78, 5) is 13.9. The van der Waals surface area contributed by atoms with Crippen LogP contribution >= 0.6 is 24.8 Å². The zero-order chi connectivity index (χ0) is 24.4. The van der Waals surface area contributed by atoms with Crippen molar-refractivity contribution in [3.63, 3.8) is 0 Å². The van der Waals surface area contributed by atoms with Crippen LogP contribution in [0.5, 0.6) is 11.5 Å². The van der Waals surface area contributed by atoms with Crippen LogP contribution in [0.15, 0.2) is 47.4 Å². The number of hydrogen-bond donors (Lipinski definition) is 3. The predicted molar refractivity (Wildman–Crippen MR) is 128 cm³/mol. The first-order valence-corrected chi connectivity index (χ1v) is 11.1. The number of benzene rings is 2. The summed E-state index contributed by atoms with van der Waals surface area (Å²) in [6, 6.07) is 7.70. The van der Waals surface area contributed by atoms with E-state index in [4.69, 9.17) is 15.9 Å². The highest BCUT2D eigenvalue weighted by molar-refractivity contribution is 7.89. The summed E-state index contributed by atoms with van der Waals surface area (Å²) >= 11 is 0. The maximum atomic E-state index is 13.5. The number of nitrogens with zero attached hydrogens (tertiary/aromatic N) is 2. The molecule has 4 N–H and O–H groups in total. The molecule has 2 aromatic carbocycles. The highest BCUT2D eigenvalue weighted by Crippen LogP contribution is 2.39. The standard InChI is InChI=1S/C20H22F3N5O4S.2ClH/c1-27-8-10-28(11-9-27)33(30,31)15-5-3-14(4-6-15)32-17-7-2-13(18(29)26-19(24)25)12-16(17)20(21,22)23;;/h2-7,12H,8-11H2,1H3,(H4,24,25,26,29);2*1H. The fourth-order valence-electron chi connectivity index (χ4n) is 3.16. The summed E-state index contributed by atoms with van der Waals surface area (Å²) < 4.78 is 72.9. The van der Waals surface area contributed by atoms with Gasteiger partial charge >= 0.3 is 6.18 Å². The summed E-state index contributed by atoms with van der Waals surface area (Å²) in [5, 5.41) is 8.93. The number of carbonyl (C=O) groups is 1. The Hall–Kier alpha value is -2.58. The van der Waals surface area contributed by atoms with E-state index in [1.807, 2.05) is 17.3 Å². The van der Waals surface area contributed by atoms with E-state index in [1.54, 1.807) is 0 Å². The Balaban J connectivity index is 0.00000306. The Morgan fingerprint density at radius 1 is 1.06 bits per heavy atom. The minimum Gasteiger partial charge on any atom is -0.457 e. The molecule has 0 saturated carbocycles. The van der Waals surface area contributed by atoms with Crippen molar-refractivity contribution in [1.29, 1.82) is 5.41 Å². The van der Waals surface area contributed by atoms with Gasteiger partial charge in [0.1, 0.15) is 11.5 Å². The molecule has 0 aromatic heterocycles. The summed E-state index contributed by atoms with van der Waals surface area (Å²) in [6.07, 6.45) is -4.84. The van der Waals surface area contributed by atoms with Gasteiger partial charge < -0.3 is 15.4 Å². The van der Waals surface area contributed by atoms with Crippen LogP contribution in [0.4, 0.5) is 13.2 Å². The fraction of sp³-hybridized carbons (Fsp3) is 0.300. The van der Waals surface area contributed by atoms with Crippen LogP contribution in [0.1, 0.15) is 15.9 Å². The van der Waals surface area contributed by atoms with Crippen molar-refractivity contribution in [3.8, 4) is 11.5 Å². The molecule has 1 heterocycles. The van der Waals surface area contributed by atoms with Gasteiger partial charge in [-0.2, -0.15) is 17.5 Å². The number of rotatable bonds is 5. The van der Waals surface area contributed by atoms with Crippen LogP contribution in [-0.2, 0) is 16.2 Å². The third kappa shape index (κ3) is 7.45. The highest BCUT2D eigenvalue weighted by Gasteiger charge is 2.35. The molecular formula is C20H24Cl2F3N5O4S. The second kappa shape index (κ2) is 11.9. The van der Waals surface area contributed by atoms with Crippen molar-refractivity contribution in [2.75, 3.05) is 33.2 Å². The van der Waals surface area contributed by atoms with E-state index < -0.39 is 39.4 Å². The Kier molecular flexibility index (Phi) is 10.4. The lowest BCUT2D eigenvalue weighted by molar-refractivity contribution is -0.138. The largest absolute Gasteiger partial charge is 0.457 e. The van der Waals surface area contributed by atoms with Gasteiger partial charge in [-0.1, -0.05) is 0 Å². The monoisotopic (exact) mass is 557 g/mol. The lowest BCUT2D eigenvalue weighted by atomic mass is 10.1. The van der Waals surface area contributed by atoms with Crippen LogP contribution in [-0.4, -0.2) is 62.7 Å². The SMILES string of the molecule is CN1CCN(S(=O)(=O)c2ccc(Oc3ccc(C(=O)NC(=N)N)cc3C(F)(F)F)cc2)CC1.Cl.Cl. The smallest absolute Gasteiger partial charge is 0.420 e. The third-order valence-electron chi connectivity index (χ3n) is 4.95. The molecule has 0 bridgehead atoms. The van der Waals surface area contributed by atoms with Gasteiger partial charge in [-0.25, -0.2) is 8.42 Å². The zero-order valence-corrected chi connectivity index (χ0v) is 20.8. The van der Waals surface area contributed by atoms with Crippen LogP contribution in [0.3, 0.4) is 0 Å². The van der Waals surface area contributed by atoms with Crippen molar-refractivity contribution < 1.29 is 31.1 Å². The van der Waals surface area contributed by atoms with Crippen molar-refractivity contribution in [1.82, 2.24) is 14.5 Å². The van der Waals surface area contributed by atoms with E-state index in [2.05, 4.69) is 0 Å². The molecule has 0 unspecified atom stereocenters. The van der Waals surface area contributed by atoms with Crippen molar-refractivity contribution in [2.24, 2.45) is 5.73 Å². The number of piperazine rings is 1. The first-order valence-electron chi connectivity index (χ1n) is 9.71. The first-order chi connectivity index (χ1) is 15.4. The minimum absolute atomic E-state index is 0. The van der Waals surface area contributed by atoms with Gasteiger partial charge in [0, 0.05) is 31.7 Å². The fourth-order valence-corrected chi connectivity index (χ4v) is 4.58. The molecule has 0 radical (unpaired) electrons. The van der Waals surface area contributed by atoms with Gasteiger partial charge in [0.05, 0.1) is 10.5 Å². The minimum atomic E-state index is -4.84. The molecule has 0 spiro atoms. The van der Waals surface area contributed by atoms with Crippen LogP contribution < -0.4 is 15.8 Å². The van der Waals surface area contributed by atoms with Crippen LogP contribution in [0.2, 0.25) is 0 Å². The molecule has 15 heteroatoms. The Morgan fingerprint density at radius 3 is 2.14 bits per heavy atom. The number of hydrogen-bond acceptors (Lipinski definition) is 6. The number of ether oxygens (including phenoxy) is 1. The van der Waals surface area contributed by atoms with Crippen molar-refractivity contribution >= 4 is 46.7 Å². The van der Waals surface area contributed by atoms with Crippen LogP contribution in [0, 0.1) is 5.41 Å². The van der Waals surface area contributed by atoms with Gasteiger partial charge in [0.15, 0.2) is 5.96 Å². The maximum Gasteiger partial charge on any atom is 0.420 e. The van der Waals surface area contributed by atoms with Gasteiger partial charge in [-0.15, -0.1) is 24.8 Å². The number of guanidine groups is 1. The topological polar surface area (TPSA) is 129 Å². The third-order valence-corrected chi connectivity index (χ3v) is 6.86. The summed E-state index contributed by atoms with van der Waals surface area (Å²) in [5.74, 6) is -2.27. The Bertz CT molecular complexity index is 1160. The summed E-state index contributed by atoms with van der Waals surface area (Å²) in [7, 11) is -1.84. The molecule has 1 amide bonds. The molecule has 0 aliphatic carbocycles. The molecule has 2 aromatic rings. The average molecular weight is 558 g/mol. The number of amides is 1. The molecule has 194 valence electrons. The van der Waals surface area contributed by atoms with Gasteiger partial charge in [-0.05, 0) is 49.5 Å². The zero-order valence-electron chi connectivity index (χ0n) is 18.3. The van der Waals surface area contributed by atoms with Gasteiger partial charge in [0.2, 0.25) is 10.0 Å². The highest BCUT2D eigenvalue weighted by atomic mass is 35.5. The van der Waals surface area contributed by atoms with E-state index in [0.717, 1.165) is 12.1 Å². The Morgan fingerprint density at radius 2 is 1.63 bits per heavy atom. The summed E-state index contributed by atoms with van der Waals surface area (Å²) in [6.45, 7) is 1.88. The number of alkyl halides is 3. The average Bonchev–Trinajstić information content (AvgIpc) is 2.73. The lowest BCUT2D eigenvalue weighted by Crippen LogP contribution is -2.46. The second-order valence-electron chi connectivity index (χ2n) is 7.36. The Labute approximate surface area is 212 Å². The van der Waals surface area contributed by atoms with E-state index in [1.165, 1.54) is 28.6 Å². The molecule has 35 heavy (non-hydrogen) atoms. The molecule has 1 fully saturated rings. The van der Waals surface area contributed by atoms with E-state index >= 15 is 0 Å². The second-order valence-corrected chi connectivity index (χ2v) is 9.30. The maximum absolute atomic E-state index is 13.5. The normalized spacial score (nSPS) is 14.9. The lowest BCUT2D eigenvalue weighted by Gasteiger charge is -2.31.